The zero-order chi connectivity index (χ0) is 13.9. The fraction of sp³-hybridized carbons (Fsp3) is 0.0769. The zero-order valence-electron chi connectivity index (χ0n) is 9.52. The van der Waals surface area contributed by atoms with Crippen LogP contribution in [0.4, 0.5) is 13.2 Å². The Bertz CT molecular complexity index is 582. The molecule has 1 aromatic carbocycles. The first-order chi connectivity index (χ1) is 8.97. The molecule has 0 aliphatic heterocycles. The normalized spacial score (nSPS) is 11.1. The van der Waals surface area contributed by atoms with Gasteiger partial charge in [-0.25, -0.2) is 0 Å². The lowest BCUT2D eigenvalue weighted by Gasteiger charge is -2.12. The van der Waals surface area contributed by atoms with Crippen LogP contribution in [0, 0.1) is 0 Å². The summed E-state index contributed by atoms with van der Waals surface area (Å²) in [5.41, 5.74) is 0.0357. The van der Waals surface area contributed by atoms with E-state index in [0.29, 0.717) is 0 Å². The highest BCUT2D eigenvalue weighted by Gasteiger charge is 2.32. The number of ether oxygens (including phenoxy) is 1. The maximum absolute atomic E-state index is 12.2. The molecule has 19 heavy (non-hydrogen) atoms. The van der Waals surface area contributed by atoms with Gasteiger partial charge in [-0.15, -0.1) is 13.2 Å². The van der Waals surface area contributed by atoms with Crippen LogP contribution in [0.1, 0.15) is 15.9 Å². The number of nitrogens with zero attached hydrogens (tertiary/aromatic N) is 1. The maximum Gasteiger partial charge on any atom is 0.573 e. The van der Waals surface area contributed by atoms with Gasteiger partial charge in [-0.05, 0) is 24.3 Å². The zero-order valence-corrected chi connectivity index (χ0v) is 9.52. The predicted molar refractivity (Wildman–Crippen MR) is 60.8 cm³/mol. The molecule has 2 aromatic rings. The fourth-order valence-electron chi connectivity index (χ4n) is 1.52. The molecule has 0 spiro atoms. The third-order valence-corrected chi connectivity index (χ3v) is 2.28. The van der Waals surface area contributed by atoms with E-state index in [2.05, 4.69) is 9.72 Å². The number of halogens is 3. The number of hydrogen-bond donors (Lipinski definition) is 0. The van der Waals surface area contributed by atoms with E-state index in [0.717, 1.165) is 6.07 Å². The van der Waals surface area contributed by atoms with E-state index in [1.54, 1.807) is 0 Å². The van der Waals surface area contributed by atoms with Crippen molar-refractivity contribution in [3.05, 3.63) is 59.9 Å². The lowest BCUT2D eigenvalue weighted by molar-refractivity contribution is -0.274. The van der Waals surface area contributed by atoms with E-state index in [4.69, 9.17) is 0 Å². The Hall–Kier alpha value is -2.37. The molecule has 0 N–H and O–H groups in total. The van der Waals surface area contributed by atoms with Crippen molar-refractivity contribution in [2.75, 3.05) is 0 Å². The van der Waals surface area contributed by atoms with Gasteiger partial charge in [0.2, 0.25) is 0 Å². The van der Waals surface area contributed by atoms with Crippen LogP contribution in [-0.4, -0.2) is 17.1 Å². The van der Waals surface area contributed by atoms with Gasteiger partial charge in [0.15, 0.2) is 5.78 Å². The van der Waals surface area contributed by atoms with Crippen molar-refractivity contribution < 1.29 is 22.7 Å². The van der Waals surface area contributed by atoms with E-state index >= 15 is 0 Å². The first kappa shape index (κ1) is 13.1. The summed E-state index contributed by atoms with van der Waals surface area (Å²) in [5.74, 6) is -1.10. The number of alkyl halides is 3. The number of hydrogen-bond acceptors (Lipinski definition) is 3. The molecule has 1 aromatic heterocycles. The number of rotatable bonds is 3. The van der Waals surface area contributed by atoms with E-state index < -0.39 is 17.9 Å². The highest BCUT2D eigenvalue weighted by molar-refractivity contribution is 6.10. The standard InChI is InChI=1S/C13H8F3NO2/c14-13(15,16)19-11-6-2-1-5-10(11)12(18)9-4-3-7-17-8-9/h1-8H. The summed E-state index contributed by atoms with van der Waals surface area (Å²) in [7, 11) is 0. The Labute approximate surface area is 106 Å². The van der Waals surface area contributed by atoms with E-state index in [1.165, 1.54) is 42.7 Å². The highest BCUT2D eigenvalue weighted by Crippen LogP contribution is 2.27. The molecule has 98 valence electrons. The third kappa shape index (κ3) is 3.31. The minimum atomic E-state index is -4.84. The molecule has 3 nitrogen and oxygen atoms in total. The Kier molecular flexibility index (Phi) is 3.50. The second-order valence-electron chi connectivity index (χ2n) is 3.61. The van der Waals surface area contributed by atoms with Gasteiger partial charge in [-0.1, -0.05) is 12.1 Å². The minimum absolute atomic E-state index is 0.159. The van der Waals surface area contributed by atoms with E-state index in [9.17, 15) is 18.0 Å². The second-order valence-corrected chi connectivity index (χ2v) is 3.61. The summed E-state index contributed by atoms with van der Waals surface area (Å²) in [5, 5.41) is 0. The van der Waals surface area contributed by atoms with Gasteiger partial charge < -0.3 is 4.74 Å². The molecule has 1 heterocycles. The molecule has 0 aliphatic rings. The number of aromatic nitrogens is 1. The Morgan fingerprint density at radius 1 is 1.11 bits per heavy atom. The molecule has 2 rings (SSSR count). The molecular formula is C13H8F3NO2. The lowest BCUT2D eigenvalue weighted by atomic mass is 10.0. The molecule has 0 bridgehead atoms. The van der Waals surface area contributed by atoms with Crippen LogP contribution in [0.25, 0.3) is 0 Å². The van der Waals surface area contributed by atoms with Gasteiger partial charge in [0.05, 0.1) is 5.56 Å². The number of benzene rings is 1. The van der Waals surface area contributed by atoms with Gasteiger partial charge in [-0.3, -0.25) is 9.78 Å². The summed E-state index contributed by atoms with van der Waals surface area (Å²) in [6.07, 6.45) is -2.09. The molecular weight excluding hydrogens is 259 g/mol. The molecule has 0 radical (unpaired) electrons. The quantitative estimate of drug-likeness (QED) is 0.801. The van der Waals surface area contributed by atoms with Gasteiger partial charge >= 0.3 is 6.36 Å². The molecule has 0 atom stereocenters. The largest absolute Gasteiger partial charge is 0.573 e. The maximum atomic E-state index is 12.2. The lowest BCUT2D eigenvalue weighted by Crippen LogP contribution is -2.19. The Morgan fingerprint density at radius 3 is 2.47 bits per heavy atom. The van der Waals surface area contributed by atoms with Crippen LogP contribution in [-0.2, 0) is 0 Å². The minimum Gasteiger partial charge on any atom is -0.405 e. The van der Waals surface area contributed by atoms with Crippen LogP contribution in [0.3, 0.4) is 0 Å². The average molecular weight is 267 g/mol. The van der Waals surface area contributed by atoms with Gasteiger partial charge in [0.1, 0.15) is 5.75 Å². The van der Waals surface area contributed by atoms with Gasteiger partial charge in [-0.2, -0.15) is 0 Å². The predicted octanol–water partition coefficient (Wildman–Crippen LogP) is 3.21. The van der Waals surface area contributed by atoms with E-state index in [1.807, 2.05) is 0 Å². The molecule has 0 aliphatic carbocycles. The van der Waals surface area contributed by atoms with Crippen molar-refractivity contribution in [1.29, 1.82) is 0 Å². The Balaban J connectivity index is 2.38. The monoisotopic (exact) mass is 267 g/mol. The number of carbonyl (C=O) groups excluding carboxylic acids is 1. The van der Waals surface area contributed by atoms with Gasteiger partial charge in [0, 0.05) is 18.0 Å². The molecule has 0 unspecified atom stereocenters. The van der Waals surface area contributed by atoms with Crippen LogP contribution in [0.2, 0.25) is 0 Å². The summed E-state index contributed by atoms with van der Waals surface area (Å²) in [4.78, 5) is 15.8. The first-order valence-corrected chi connectivity index (χ1v) is 5.27. The third-order valence-electron chi connectivity index (χ3n) is 2.28. The average Bonchev–Trinajstić information content (AvgIpc) is 2.38. The molecule has 0 saturated heterocycles. The van der Waals surface area contributed by atoms with Crippen LogP contribution in [0.5, 0.6) is 5.75 Å². The fourth-order valence-corrected chi connectivity index (χ4v) is 1.52. The van der Waals surface area contributed by atoms with Crippen molar-refractivity contribution in [3.63, 3.8) is 0 Å². The van der Waals surface area contributed by atoms with Crippen molar-refractivity contribution in [1.82, 2.24) is 4.98 Å². The van der Waals surface area contributed by atoms with Crippen molar-refractivity contribution in [2.45, 2.75) is 6.36 Å². The smallest absolute Gasteiger partial charge is 0.405 e. The Morgan fingerprint density at radius 2 is 1.84 bits per heavy atom. The summed E-state index contributed by atoms with van der Waals surface area (Å²) in [6, 6.07) is 8.20. The number of ketones is 1. The first-order valence-electron chi connectivity index (χ1n) is 5.27. The topological polar surface area (TPSA) is 39.2 Å². The molecule has 6 heteroatoms. The highest BCUT2D eigenvalue weighted by atomic mass is 19.4. The van der Waals surface area contributed by atoms with Crippen molar-refractivity contribution >= 4 is 5.78 Å². The summed E-state index contributed by atoms with van der Waals surface area (Å²) in [6.45, 7) is 0. The molecule has 0 saturated carbocycles. The van der Waals surface area contributed by atoms with Crippen molar-refractivity contribution in [2.24, 2.45) is 0 Å². The summed E-state index contributed by atoms with van der Waals surface area (Å²) < 4.78 is 40.6. The number of pyridine rings is 1. The second kappa shape index (κ2) is 5.09. The van der Waals surface area contributed by atoms with Gasteiger partial charge in [0.25, 0.3) is 0 Å². The van der Waals surface area contributed by atoms with Crippen LogP contribution < -0.4 is 4.74 Å². The molecule has 0 fully saturated rings. The van der Waals surface area contributed by atoms with Crippen molar-refractivity contribution in [3.8, 4) is 5.75 Å². The van der Waals surface area contributed by atoms with Crippen LogP contribution >= 0.6 is 0 Å². The summed E-state index contributed by atoms with van der Waals surface area (Å²) >= 11 is 0. The number of para-hydroxylation sites is 1. The van der Waals surface area contributed by atoms with Crippen LogP contribution in [0.15, 0.2) is 48.8 Å². The SMILES string of the molecule is O=C(c1cccnc1)c1ccccc1OC(F)(F)F. The number of carbonyl (C=O) groups is 1. The van der Waals surface area contributed by atoms with E-state index in [-0.39, 0.29) is 11.1 Å². The molecule has 0 amide bonds.